The third-order valence-corrected chi connectivity index (χ3v) is 5.73. The molecular weight excluding hydrogens is 385 g/mol. The third-order valence-electron chi connectivity index (χ3n) is 4.57. The lowest BCUT2D eigenvalue weighted by Gasteiger charge is -2.49. The molecule has 0 bridgehead atoms. The molecule has 1 aliphatic heterocycles. The average Bonchev–Trinajstić information content (AvgIpc) is 2.51. The first-order valence-electron chi connectivity index (χ1n) is 7.50. The molecule has 12 heteroatoms. The topological polar surface area (TPSA) is 81.7 Å². The lowest BCUT2D eigenvalue weighted by Crippen LogP contribution is -2.68. The van der Waals surface area contributed by atoms with Gasteiger partial charge in [-0.05, 0) is 30.7 Å². The molecule has 1 aromatic rings. The van der Waals surface area contributed by atoms with Crippen molar-refractivity contribution in [1.82, 2.24) is 10.8 Å². The van der Waals surface area contributed by atoms with E-state index in [0.29, 0.717) is 31.6 Å². The highest BCUT2D eigenvalue weighted by atomic mass is 32.5. The number of nitrogens with one attached hydrogen (secondary N) is 2. The molecule has 1 atom stereocenters. The second-order valence-corrected chi connectivity index (χ2v) is 8.58. The van der Waals surface area contributed by atoms with Gasteiger partial charge in [0, 0.05) is 24.2 Å². The average molecular weight is 403 g/mol. The maximum absolute atomic E-state index is 12.8. The Morgan fingerprint density at radius 2 is 1.85 bits per heavy atom. The number of amides is 2. The van der Waals surface area contributed by atoms with E-state index in [4.69, 9.17) is 5.21 Å². The van der Waals surface area contributed by atoms with Gasteiger partial charge in [-0.25, -0.2) is 5.48 Å². The van der Waals surface area contributed by atoms with Crippen LogP contribution in [0.1, 0.15) is 13.3 Å². The third kappa shape index (κ3) is 3.76. The van der Waals surface area contributed by atoms with Crippen molar-refractivity contribution >= 4 is 28.2 Å². The van der Waals surface area contributed by atoms with Gasteiger partial charge in [0.15, 0.2) is 0 Å². The first-order valence-corrected chi connectivity index (χ1v) is 9.45. The fourth-order valence-corrected chi connectivity index (χ4v) is 3.64. The molecule has 1 fully saturated rings. The van der Waals surface area contributed by atoms with Crippen LogP contribution < -0.4 is 15.7 Å². The molecule has 0 aliphatic carbocycles. The largest absolute Gasteiger partial charge is 0.315 e. The number of benzene rings is 1. The Labute approximate surface area is 146 Å². The summed E-state index contributed by atoms with van der Waals surface area (Å²) < 4.78 is 64.1. The number of carbonyl (C=O) groups is 2. The zero-order valence-corrected chi connectivity index (χ0v) is 14.4. The Balaban J connectivity index is 2.46. The number of rotatable bonds is 7. The van der Waals surface area contributed by atoms with Gasteiger partial charge in [-0.1, -0.05) is 26.4 Å². The van der Waals surface area contributed by atoms with E-state index >= 15 is 0 Å². The minimum absolute atomic E-state index is 0.166. The maximum atomic E-state index is 12.8. The molecule has 2 rings (SSSR count). The fraction of sp³-hybridized carbons (Fsp3) is 0.429. The summed E-state index contributed by atoms with van der Waals surface area (Å²) in [4.78, 5) is 22.4. The molecule has 0 unspecified atom stereocenters. The van der Waals surface area contributed by atoms with Crippen LogP contribution in [0, 0.1) is 5.41 Å². The Bertz CT molecular complexity index is 702. The van der Waals surface area contributed by atoms with Crippen molar-refractivity contribution < 1.29 is 34.2 Å². The maximum Gasteiger partial charge on any atom is 0.310 e. The standard InChI is InChI=1S/C14H18F5N3O3S/c1-2-14(7-20-8-14)12(13(24)21-25)22(9-23)10-3-5-11(6-4-10)26(15,16,17,18)19/h3-6,9,12,20,25H,2,7-8H2,1H3,(H,21,24)/t12-/m1/s1. The van der Waals surface area contributed by atoms with Crippen molar-refractivity contribution in [3.05, 3.63) is 24.3 Å². The number of hydrogen-bond donors (Lipinski definition) is 3. The Kier molecular flexibility index (Phi) is 4.54. The van der Waals surface area contributed by atoms with E-state index in [9.17, 15) is 29.0 Å². The van der Waals surface area contributed by atoms with E-state index in [2.05, 4.69) is 5.32 Å². The zero-order valence-electron chi connectivity index (χ0n) is 13.6. The van der Waals surface area contributed by atoms with Crippen LogP contribution in [0.15, 0.2) is 29.2 Å². The molecule has 0 spiro atoms. The fourth-order valence-electron chi connectivity index (χ4n) is 2.99. The second kappa shape index (κ2) is 5.79. The number of halogens is 5. The van der Waals surface area contributed by atoms with E-state index < -0.39 is 32.5 Å². The van der Waals surface area contributed by atoms with Gasteiger partial charge in [0.05, 0.1) is 0 Å². The molecule has 0 saturated carbocycles. The van der Waals surface area contributed by atoms with Gasteiger partial charge in [0.2, 0.25) is 6.41 Å². The minimum atomic E-state index is -9.84. The van der Waals surface area contributed by atoms with Gasteiger partial charge < -0.3 is 10.2 Å². The van der Waals surface area contributed by atoms with Gasteiger partial charge in [-0.15, -0.1) is 0 Å². The predicted molar refractivity (Wildman–Crippen MR) is 85.7 cm³/mol. The number of hydrogen-bond acceptors (Lipinski definition) is 4. The first-order chi connectivity index (χ1) is 11.8. The molecular formula is C14H18F5N3O3S. The number of hydroxylamine groups is 1. The molecule has 1 heterocycles. The quantitative estimate of drug-likeness (QED) is 0.283. The Morgan fingerprint density at radius 1 is 1.31 bits per heavy atom. The van der Waals surface area contributed by atoms with E-state index in [0.717, 1.165) is 4.90 Å². The van der Waals surface area contributed by atoms with Crippen LogP contribution in [-0.2, 0) is 9.59 Å². The molecule has 6 nitrogen and oxygen atoms in total. The van der Waals surface area contributed by atoms with Crippen LogP contribution in [-0.4, -0.2) is 36.7 Å². The number of nitrogens with zero attached hydrogens (tertiary/aromatic N) is 1. The highest BCUT2D eigenvalue weighted by molar-refractivity contribution is 8.45. The van der Waals surface area contributed by atoms with Crippen LogP contribution in [0.3, 0.4) is 0 Å². The smallest absolute Gasteiger partial charge is 0.310 e. The van der Waals surface area contributed by atoms with Gasteiger partial charge in [-0.2, -0.15) is 0 Å². The summed E-state index contributed by atoms with van der Waals surface area (Å²) in [6.45, 7) is 2.41. The molecule has 148 valence electrons. The van der Waals surface area contributed by atoms with Crippen molar-refractivity contribution in [3.8, 4) is 0 Å². The van der Waals surface area contributed by atoms with E-state index in [1.165, 1.54) is 5.48 Å². The van der Waals surface area contributed by atoms with Gasteiger partial charge in [0.25, 0.3) is 5.91 Å². The zero-order chi connectivity index (χ0) is 19.9. The van der Waals surface area contributed by atoms with Crippen LogP contribution in [0.25, 0.3) is 0 Å². The van der Waals surface area contributed by atoms with Gasteiger partial charge in [0.1, 0.15) is 10.9 Å². The monoisotopic (exact) mass is 403 g/mol. The van der Waals surface area contributed by atoms with Crippen LogP contribution in [0.5, 0.6) is 0 Å². The highest BCUT2D eigenvalue weighted by Crippen LogP contribution is 3.02. The van der Waals surface area contributed by atoms with Crippen LogP contribution in [0.2, 0.25) is 0 Å². The highest BCUT2D eigenvalue weighted by Gasteiger charge is 2.65. The lowest BCUT2D eigenvalue weighted by atomic mass is 9.71. The van der Waals surface area contributed by atoms with Crippen LogP contribution in [0.4, 0.5) is 25.1 Å². The minimum Gasteiger partial charge on any atom is -0.315 e. The Hall–Kier alpha value is -1.92. The first kappa shape index (κ1) is 20.4. The van der Waals surface area contributed by atoms with Crippen LogP contribution >= 0.6 is 10.2 Å². The summed E-state index contributed by atoms with van der Waals surface area (Å²) in [5.41, 5.74) is 0.505. The van der Waals surface area contributed by atoms with Crippen molar-refractivity contribution in [2.75, 3.05) is 18.0 Å². The summed E-state index contributed by atoms with van der Waals surface area (Å²) in [5.74, 6) is -0.933. The van der Waals surface area contributed by atoms with E-state index in [1.54, 1.807) is 6.92 Å². The molecule has 26 heavy (non-hydrogen) atoms. The molecule has 0 aromatic heterocycles. The molecule has 3 N–H and O–H groups in total. The summed E-state index contributed by atoms with van der Waals surface area (Å²) in [6.07, 6.45) is 0.635. The number of anilines is 1. The van der Waals surface area contributed by atoms with E-state index in [-0.39, 0.29) is 24.2 Å². The SMILES string of the molecule is CCC1([C@@H](C(=O)NO)N(C=O)c2ccc(S(F)(F)(F)(F)F)cc2)CNC1. The van der Waals surface area contributed by atoms with Crippen molar-refractivity contribution in [2.45, 2.75) is 24.3 Å². The van der Waals surface area contributed by atoms with Gasteiger partial charge in [-0.3, -0.25) is 14.8 Å². The normalized spacial score (nSPS) is 20.1. The molecule has 0 radical (unpaired) electrons. The van der Waals surface area contributed by atoms with Gasteiger partial charge >= 0.3 is 10.2 Å². The van der Waals surface area contributed by atoms with Crippen molar-refractivity contribution in [2.24, 2.45) is 5.41 Å². The second-order valence-electron chi connectivity index (χ2n) is 6.17. The predicted octanol–water partition coefficient (Wildman–Crippen LogP) is 3.18. The summed E-state index contributed by atoms with van der Waals surface area (Å²) in [5, 5.41) is 11.9. The molecule has 1 aliphatic rings. The summed E-state index contributed by atoms with van der Waals surface area (Å²) >= 11 is 0. The lowest BCUT2D eigenvalue weighted by molar-refractivity contribution is -0.136. The Morgan fingerprint density at radius 3 is 2.15 bits per heavy atom. The summed E-state index contributed by atoms with van der Waals surface area (Å²) in [7, 11) is -9.84. The molecule has 1 aromatic carbocycles. The van der Waals surface area contributed by atoms with E-state index in [1.807, 2.05) is 0 Å². The van der Waals surface area contributed by atoms with Crippen molar-refractivity contribution in [1.29, 1.82) is 0 Å². The number of carbonyl (C=O) groups excluding carboxylic acids is 2. The summed E-state index contributed by atoms with van der Waals surface area (Å²) in [6, 6.07) is 0.475. The molecule has 1 saturated heterocycles. The molecule has 2 amide bonds. The van der Waals surface area contributed by atoms with Crippen molar-refractivity contribution in [3.63, 3.8) is 0 Å².